The maximum atomic E-state index is 11.9. The second kappa shape index (κ2) is 8.99. The van der Waals surface area contributed by atoms with E-state index in [1.807, 2.05) is 6.92 Å². The molecule has 0 fully saturated rings. The van der Waals surface area contributed by atoms with Gasteiger partial charge in [-0.25, -0.2) is 0 Å². The Kier molecular flexibility index (Phi) is 7.66. The van der Waals surface area contributed by atoms with Crippen LogP contribution in [0.15, 0.2) is 4.52 Å². The molecule has 1 rings (SSSR count). The van der Waals surface area contributed by atoms with Crippen molar-refractivity contribution in [2.45, 2.75) is 51.7 Å². The van der Waals surface area contributed by atoms with Gasteiger partial charge in [-0.15, -0.1) is 0 Å². The highest BCUT2D eigenvalue weighted by molar-refractivity contribution is 4.89. The Labute approximate surface area is 122 Å². The maximum Gasteiger partial charge on any atom is 0.411 e. The highest BCUT2D eigenvalue weighted by Gasteiger charge is 2.27. The van der Waals surface area contributed by atoms with Gasteiger partial charge in [0.15, 0.2) is 5.82 Å². The highest BCUT2D eigenvalue weighted by atomic mass is 19.4. The van der Waals surface area contributed by atoms with Gasteiger partial charge in [0, 0.05) is 18.9 Å². The van der Waals surface area contributed by atoms with Gasteiger partial charge >= 0.3 is 6.18 Å². The Morgan fingerprint density at radius 1 is 1.33 bits per heavy atom. The van der Waals surface area contributed by atoms with Crippen LogP contribution in [-0.4, -0.2) is 42.1 Å². The zero-order valence-corrected chi connectivity index (χ0v) is 12.4. The number of nitrogens with zero attached hydrogens (tertiary/aromatic N) is 2. The summed E-state index contributed by atoms with van der Waals surface area (Å²) in [5, 5.41) is 7.08. The minimum absolute atomic E-state index is 0.0793. The summed E-state index contributed by atoms with van der Waals surface area (Å²) in [7, 11) is 0. The molecule has 0 saturated carbocycles. The fraction of sp³-hybridized carbons (Fsp3) is 0.846. The fourth-order valence-corrected chi connectivity index (χ4v) is 1.95. The fourth-order valence-electron chi connectivity index (χ4n) is 1.95. The predicted octanol–water partition coefficient (Wildman–Crippen LogP) is 2.51. The number of hydrogen-bond acceptors (Lipinski definition) is 5. The number of ether oxygens (including phenoxy) is 1. The summed E-state index contributed by atoms with van der Waals surface area (Å²) < 4.78 is 45.3. The van der Waals surface area contributed by atoms with Gasteiger partial charge in [-0.05, 0) is 13.0 Å². The lowest BCUT2D eigenvalue weighted by molar-refractivity contribution is -0.173. The first-order chi connectivity index (χ1) is 9.94. The van der Waals surface area contributed by atoms with Gasteiger partial charge in [0.05, 0.1) is 6.61 Å². The van der Waals surface area contributed by atoms with E-state index < -0.39 is 12.8 Å². The van der Waals surface area contributed by atoms with Crippen LogP contribution in [-0.2, 0) is 17.6 Å². The van der Waals surface area contributed by atoms with Gasteiger partial charge in [-0.1, -0.05) is 25.4 Å². The van der Waals surface area contributed by atoms with Crippen LogP contribution in [0.5, 0.6) is 0 Å². The van der Waals surface area contributed by atoms with E-state index in [4.69, 9.17) is 4.52 Å². The van der Waals surface area contributed by atoms with Crippen LogP contribution in [0.1, 0.15) is 38.4 Å². The molecule has 1 aromatic heterocycles. The van der Waals surface area contributed by atoms with Crippen molar-refractivity contribution in [1.29, 1.82) is 0 Å². The lowest BCUT2D eigenvalue weighted by atomic mass is 10.1. The Bertz CT molecular complexity index is 390. The van der Waals surface area contributed by atoms with Gasteiger partial charge in [-0.2, -0.15) is 18.2 Å². The lowest BCUT2D eigenvalue weighted by Crippen LogP contribution is -2.30. The Morgan fingerprint density at radius 3 is 2.71 bits per heavy atom. The van der Waals surface area contributed by atoms with Gasteiger partial charge in [0.25, 0.3) is 0 Å². The second-order valence-electron chi connectivity index (χ2n) is 4.77. The van der Waals surface area contributed by atoms with E-state index in [-0.39, 0.29) is 19.1 Å². The summed E-state index contributed by atoms with van der Waals surface area (Å²) in [6.07, 6.45) is -1.43. The number of nitrogens with one attached hydrogen (secondary N) is 1. The molecule has 1 heterocycles. The summed E-state index contributed by atoms with van der Waals surface area (Å²) in [6.45, 7) is 3.65. The molecule has 1 atom stereocenters. The van der Waals surface area contributed by atoms with Crippen LogP contribution < -0.4 is 5.32 Å². The number of alkyl halides is 3. The molecule has 1 unspecified atom stereocenters. The monoisotopic (exact) mass is 309 g/mol. The van der Waals surface area contributed by atoms with Crippen molar-refractivity contribution < 1.29 is 22.4 Å². The first kappa shape index (κ1) is 17.9. The molecule has 0 aliphatic carbocycles. The second-order valence-corrected chi connectivity index (χ2v) is 4.77. The van der Waals surface area contributed by atoms with E-state index in [0.717, 1.165) is 19.4 Å². The van der Waals surface area contributed by atoms with Crippen molar-refractivity contribution in [2.75, 3.05) is 19.8 Å². The van der Waals surface area contributed by atoms with Crippen molar-refractivity contribution in [2.24, 2.45) is 0 Å². The van der Waals surface area contributed by atoms with Gasteiger partial charge in [0.2, 0.25) is 5.89 Å². The molecule has 1 N–H and O–H groups in total. The molecule has 0 radical (unpaired) electrons. The molecule has 0 aromatic carbocycles. The maximum absolute atomic E-state index is 11.9. The van der Waals surface area contributed by atoms with Crippen molar-refractivity contribution in [3.05, 3.63) is 11.7 Å². The lowest BCUT2D eigenvalue weighted by Gasteiger charge is -2.14. The van der Waals surface area contributed by atoms with E-state index in [0.29, 0.717) is 18.1 Å². The van der Waals surface area contributed by atoms with Gasteiger partial charge < -0.3 is 14.6 Å². The molecular weight excluding hydrogens is 287 g/mol. The molecule has 0 aliphatic heterocycles. The smallest absolute Gasteiger partial charge is 0.372 e. The minimum atomic E-state index is -4.30. The largest absolute Gasteiger partial charge is 0.411 e. The molecule has 122 valence electrons. The predicted molar refractivity (Wildman–Crippen MR) is 71.0 cm³/mol. The number of hydrogen-bond donors (Lipinski definition) is 1. The minimum Gasteiger partial charge on any atom is -0.372 e. The Morgan fingerprint density at radius 2 is 2.10 bits per heavy atom. The van der Waals surface area contributed by atoms with Crippen LogP contribution >= 0.6 is 0 Å². The van der Waals surface area contributed by atoms with E-state index in [9.17, 15) is 13.2 Å². The van der Waals surface area contributed by atoms with Crippen molar-refractivity contribution >= 4 is 0 Å². The summed E-state index contributed by atoms with van der Waals surface area (Å²) in [6, 6.07) is 0.273. The summed E-state index contributed by atoms with van der Waals surface area (Å²) >= 11 is 0. The highest BCUT2D eigenvalue weighted by Crippen LogP contribution is 2.14. The molecule has 0 amide bonds. The third-order valence-corrected chi connectivity index (χ3v) is 2.80. The first-order valence-electron chi connectivity index (χ1n) is 7.14. The Hall–Kier alpha value is -1.15. The Balaban J connectivity index is 2.35. The van der Waals surface area contributed by atoms with E-state index in [2.05, 4.69) is 27.1 Å². The average molecular weight is 309 g/mol. The number of likely N-dealkylation sites (N-methyl/N-ethyl adjacent to an activating group) is 1. The van der Waals surface area contributed by atoms with Crippen LogP contribution in [0, 0.1) is 0 Å². The molecule has 0 spiro atoms. The quantitative estimate of drug-likeness (QED) is 0.673. The molecule has 0 saturated heterocycles. The standard InChI is InChI=1S/C13H22F3N3O2/c1-3-5-10(17-4-2)8-12-18-11(19-21-12)6-7-20-9-13(14,15)16/h10,17H,3-9H2,1-2H3. The SMILES string of the molecule is CCCC(Cc1nc(CCOCC(F)(F)F)no1)NCC. The average Bonchev–Trinajstić information content (AvgIpc) is 2.82. The molecular formula is C13H22F3N3O2. The zero-order chi connectivity index (χ0) is 15.7. The van der Waals surface area contributed by atoms with Crippen LogP contribution in [0.4, 0.5) is 13.2 Å². The van der Waals surface area contributed by atoms with Crippen LogP contribution in [0.25, 0.3) is 0 Å². The van der Waals surface area contributed by atoms with Crippen LogP contribution in [0.3, 0.4) is 0 Å². The van der Waals surface area contributed by atoms with E-state index in [1.165, 1.54) is 0 Å². The molecule has 8 heteroatoms. The van der Waals surface area contributed by atoms with Gasteiger partial charge in [0.1, 0.15) is 6.61 Å². The number of aromatic nitrogens is 2. The summed E-state index contributed by atoms with van der Waals surface area (Å²) in [5.41, 5.74) is 0. The molecule has 5 nitrogen and oxygen atoms in total. The zero-order valence-electron chi connectivity index (χ0n) is 12.4. The number of halogens is 3. The summed E-state index contributed by atoms with van der Waals surface area (Å²) in [5.74, 6) is 0.874. The molecule has 1 aromatic rings. The topological polar surface area (TPSA) is 60.2 Å². The van der Waals surface area contributed by atoms with Gasteiger partial charge in [-0.3, -0.25) is 0 Å². The molecule has 21 heavy (non-hydrogen) atoms. The van der Waals surface area contributed by atoms with Crippen molar-refractivity contribution in [3.63, 3.8) is 0 Å². The molecule has 0 aliphatic rings. The summed E-state index contributed by atoms with van der Waals surface area (Å²) in [4.78, 5) is 4.17. The number of rotatable bonds is 10. The van der Waals surface area contributed by atoms with Crippen molar-refractivity contribution in [3.8, 4) is 0 Å². The van der Waals surface area contributed by atoms with Crippen molar-refractivity contribution in [1.82, 2.24) is 15.5 Å². The first-order valence-corrected chi connectivity index (χ1v) is 7.14. The third kappa shape index (κ3) is 8.01. The van der Waals surface area contributed by atoms with E-state index >= 15 is 0 Å². The van der Waals surface area contributed by atoms with Crippen LogP contribution in [0.2, 0.25) is 0 Å². The normalized spacial score (nSPS) is 13.6. The molecule has 0 bridgehead atoms. The van der Waals surface area contributed by atoms with E-state index in [1.54, 1.807) is 0 Å². The third-order valence-electron chi connectivity index (χ3n) is 2.80.